The van der Waals surface area contributed by atoms with Gasteiger partial charge in [0.1, 0.15) is 0 Å². The van der Waals surface area contributed by atoms with Gasteiger partial charge in [-0.3, -0.25) is 9.59 Å². The van der Waals surface area contributed by atoms with E-state index in [9.17, 15) is 9.59 Å². The summed E-state index contributed by atoms with van der Waals surface area (Å²) in [6.07, 6.45) is 4.26. The van der Waals surface area contributed by atoms with Gasteiger partial charge in [0.05, 0.1) is 0 Å². The molecule has 0 atom stereocenters. The lowest BCUT2D eigenvalue weighted by atomic mass is 10.3. The molecule has 0 saturated heterocycles. The fourth-order valence-corrected chi connectivity index (χ4v) is 1.93. The van der Waals surface area contributed by atoms with E-state index >= 15 is 0 Å². The van der Waals surface area contributed by atoms with Gasteiger partial charge in [0.2, 0.25) is 11.8 Å². The van der Waals surface area contributed by atoms with Crippen molar-refractivity contribution in [2.45, 2.75) is 19.8 Å². The molecule has 1 rings (SSSR count). The van der Waals surface area contributed by atoms with E-state index in [1.807, 2.05) is 6.92 Å². The Morgan fingerprint density at radius 2 is 1.70 bits per heavy atom. The first-order chi connectivity index (χ1) is 9.51. The van der Waals surface area contributed by atoms with Crippen molar-refractivity contribution < 1.29 is 9.59 Å². The third kappa shape index (κ3) is 6.59. The molecular weight excluding hydrogens is 299 g/mol. The molecule has 2 N–H and O–H groups in total. The van der Waals surface area contributed by atoms with Gasteiger partial charge in [-0.25, -0.2) is 0 Å². The van der Waals surface area contributed by atoms with Crippen molar-refractivity contribution in [2.75, 3.05) is 11.9 Å². The van der Waals surface area contributed by atoms with Gasteiger partial charge in [-0.1, -0.05) is 36.5 Å². The largest absolute Gasteiger partial charge is 0.353 e. The van der Waals surface area contributed by atoms with Crippen LogP contribution in [0.2, 0.25) is 10.0 Å². The fraction of sp³-hybridized carbons (Fsp3) is 0.286. The zero-order valence-electron chi connectivity index (χ0n) is 11.1. The SMILES string of the molecule is CCCCNC(=O)C=CC(=O)Nc1cc(Cl)cc(Cl)c1. The van der Waals surface area contributed by atoms with E-state index in [0.29, 0.717) is 22.3 Å². The minimum Gasteiger partial charge on any atom is -0.353 e. The molecule has 0 fully saturated rings. The van der Waals surface area contributed by atoms with Crippen molar-refractivity contribution in [3.8, 4) is 0 Å². The summed E-state index contributed by atoms with van der Waals surface area (Å²) in [4.78, 5) is 23.0. The average Bonchev–Trinajstić information content (AvgIpc) is 2.35. The molecule has 1 aromatic carbocycles. The standard InChI is InChI=1S/C14H16Cl2N2O2/c1-2-3-6-17-13(19)4-5-14(20)18-12-8-10(15)7-11(16)9-12/h4-5,7-9H,2-3,6H2,1H3,(H,17,19)(H,18,20). The molecule has 2 amide bonds. The van der Waals surface area contributed by atoms with E-state index in [2.05, 4.69) is 10.6 Å². The lowest BCUT2D eigenvalue weighted by Crippen LogP contribution is -2.22. The highest BCUT2D eigenvalue weighted by atomic mass is 35.5. The van der Waals surface area contributed by atoms with Crippen LogP contribution in [0, 0.1) is 0 Å². The van der Waals surface area contributed by atoms with Crippen LogP contribution in [0.25, 0.3) is 0 Å². The summed E-state index contributed by atoms with van der Waals surface area (Å²) in [6.45, 7) is 2.64. The van der Waals surface area contributed by atoms with Crippen molar-refractivity contribution in [3.63, 3.8) is 0 Å². The van der Waals surface area contributed by atoms with E-state index in [-0.39, 0.29) is 5.91 Å². The second-order valence-corrected chi connectivity index (χ2v) is 5.00. The summed E-state index contributed by atoms with van der Waals surface area (Å²) in [5.74, 6) is -0.716. The molecule has 0 radical (unpaired) electrons. The number of benzene rings is 1. The summed E-state index contributed by atoms with van der Waals surface area (Å²) in [7, 11) is 0. The third-order valence-electron chi connectivity index (χ3n) is 2.35. The number of anilines is 1. The molecule has 0 aliphatic rings. The fourth-order valence-electron chi connectivity index (χ4n) is 1.41. The number of halogens is 2. The first-order valence-corrected chi connectivity index (χ1v) is 7.00. The van der Waals surface area contributed by atoms with Gasteiger partial charge in [0.25, 0.3) is 0 Å². The average molecular weight is 315 g/mol. The monoisotopic (exact) mass is 314 g/mol. The highest BCUT2D eigenvalue weighted by Gasteiger charge is 2.02. The lowest BCUT2D eigenvalue weighted by Gasteiger charge is -2.03. The van der Waals surface area contributed by atoms with E-state index in [0.717, 1.165) is 18.9 Å². The Kier molecular flexibility index (Phi) is 7.12. The van der Waals surface area contributed by atoms with Crippen LogP contribution in [0.1, 0.15) is 19.8 Å². The van der Waals surface area contributed by atoms with E-state index in [1.54, 1.807) is 18.2 Å². The van der Waals surface area contributed by atoms with Crippen molar-refractivity contribution in [3.05, 3.63) is 40.4 Å². The van der Waals surface area contributed by atoms with Crippen LogP contribution in [0.3, 0.4) is 0 Å². The molecule has 0 aromatic heterocycles. The molecule has 0 unspecified atom stereocenters. The summed E-state index contributed by atoms with van der Waals surface area (Å²) >= 11 is 11.6. The van der Waals surface area contributed by atoms with Gasteiger partial charge in [-0.05, 0) is 24.6 Å². The quantitative estimate of drug-likeness (QED) is 0.624. The molecule has 4 nitrogen and oxygen atoms in total. The number of unbranched alkanes of at least 4 members (excludes halogenated alkanes) is 1. The lowest BCUT2D eigenvalue weighted by molar-refractivity contribution is -0.117. The molecule has 0 bridgehead atoms. The summed E-state index contributed by atoms with van der Waals surface area (Å²) in [5.41, 5.74) is 0.476. The number of nitrogens with one attached hydrogen (secondary N) is 2. The highest BCUT2D eigenvalue weighted by molar-refractivity contribution is 6.35. The maximum absolute atomic E-state index is 11.6. The number of hydrogen-bond acceptors (Lipinski definition) is 2. The number of carbonyl (C=O) groups is 2. The maximum Gasteiger partial charge on any atom is 0.248 e. The zero-order valence-corrected chi connectivity index (χ0v) is 12.6. The smallest absolute Gasteiger partial charge is 0.248 e. The van der Waals surface area contributed by atoms with Gasteiger partial charge in [-0.15, -0.1) is 0 Å². The van der Waals surface area contributed by atoms with Gasteiger partial charge in [0.15, 0.2) is 0 Å². The van der Waals surface area contributed by atoms with E-state index in [4.69, 9.17) is 23.2 Å². The van der Waals surface area contributed by atoms with Crippen LogP contribution in [-0.4, -0.2) is 18.4 Å². The minimum absolute atomic E-state index is 0.294. The molecule has 6 heteroatoms. The molecule has 0 saturated carbocycles. The normalized spacial score (nSPS) is 10.6. The van der Waals surface area contributed by atoms with Crippen LogP contribution in [0.5, 0.6) is 0 Å². The van der Waals surface area contributed by atoms with Crippen molar-refractivity contribution in [1.29, 1.82) is 0 Å². The van der Waals surface area contributed by atoms with E-state index < -0.39 is 5.91 Å². The van der Waals surface area contributed by atoms with Crippen LogP contribution in [0.15, 0.2) is 30.4 Å². The Morgan fingerprint density at radius 3 is 2.30 bits per heavy atom. The topological polar surface area (TPSA) is 58.2 Å². The number of rotatable bonds is 6. The molecule has 0 heterocycles. The predicted molar refractivity (Wildman–Crippen MR) is 82.1 cm³/mol. The molecular formula is C14H16Cl2N2O2. The van der Waals surface area contributed by atoms with Gasteiger partial charge in [-0.2, -0.15) is 0 Å². The molecule has 1 aromatic rings. The second kappa shape index (κ2) is 8.61. The van der Waals surface area contributed by atoms with Crippen molar-refractivity contribution >= 4 is 40.7 Å². The van der Waals surface area contributed by atoms with Crippen molar-refractivity contribution in [2.24, 2.45) is 0 Å². The first kappa shape index (κ1) is 16.5. The Labute approximate surface area is 128 Å². The number of hydrogen-bond donors (Lipinski definition) is 2. The molecule has 0 spiro atoms. The maximum atomic E-state index is 11.6. The Bertz CT molecular complexity index is 496. The zero-order chi connectivity index (χ0) is 15.0. The molecule has 0 aliphatic carbocycles. The Morgan fingerprint density at radius 1 is 1.10 bits per heavy atom. The third-order valence-corrected chi connectivity index (χ3v) is 2.78. The first-order valence-electron chi connectivity index (χ1n) is 6.24. The summed E-state index contributed by atoms with van der Waals surface area (Å²) in [5, 5.41) is 6.09. The van der Waals surface area contributed by atoms with Crippen LogP contribution in [-0.2, 0) is 9.59 Å². The number of carbonyl (C=O) groups excluding carboxylic acids is 2. The highest BCUT2D eigenvalue weighted by Crippen LogP contribution is 2.22. The second-order valence-electron chi connectivity index (χ2n) is 4.13. The minimum atomic E-state index is -0.422. The molecule has 20 heavy (non-hydrogen) atoms. The van der Waals surface area contributed by atoms with Crippen molar-refractivity contribution in [1.82, 2.24) is 5.32 Å². The van der Waals surface area contributed by atoms with Crippen LogP contribution < -0.4 is 10.6 Å². The van der Waals surface area contributed by atoms with Crippen LogP contribution in [0.4, 0.5) is 5.69 Å². The Balaban J connectivity index is 2.48. The Hall–Kier alpha value is -1.52. The van der Waals surface area contributed by atoms with Gasteiger partial charge >= 0.3 is 0 Å². The van der Waals surface area contributed by atoms with Gasteiger partial charge < -0.3 is 10.6 Å². The van der Waals surface area contributed by atoms with E-state index in [1.165, 1.54) is 6.08 Å². The summed E-state index contributed by atoms with van der Waals surface area (Å²) in [6, 6.07) is 4.71. The molecule has 0 aliphatic heterocycles. The van der Waals surface area contributed by atoms with Gasteiger partial charge in [0, 0.05) is 34.4 Å². The van der Waals surface area contributed by atoms with Crippen LogP contribution >= 0.6 is 23.2 Å². The number of amides is 2. The summed E-state index contributed by atoms with van der Waals surface area (Å²) < 4.78 is 0. The predicted octanol–water partition coefficient (Wildman–Crippen LogP) is 3.40. The molecule has 108 valence electrons.